The molecular weight excluding hydrogens is 470 g/mol. The van der Waals surface area contributed by atoms with Gasteiger partial charge in [-0.15, -0.1) is 24.0 Å². The SMILES string of the molecule is Cc1cc(C)cc(NC(N)=NCc2ccc(COCC(F)(F)F)cc2)c1.I. The number of aryl methyl sites for hydroxylation is 2. The van der Waals surface area contributed by atoms with E-state index in [1.165, 1.54) is 0 Å². The molecule has 0 aliphatic rings. The number of nitrogens with zero attached hydrogens (tertiary/aromatic N) is 1. The van der Waals surface area contributed by atoms with Crippen LogP contribution < -0.4 is 11.1 Å². The summed E-state index contributed by atoms with van der Waals surface area (Å²) in [5.74, 6) is 0.299. The molecule has 2 aromatic carbocycles. The van der Waals surface area contributed by atoms with E-state index in [0.717, 1.165) is 22.4 Å². The minimum atomic E-state index is -4.31. The van der Waals surface area contributed by atoms with Crippen LogP contribution in [0, 0.1) is 13.8 Å². The maximum atomic E-state index is 12.0. The molecule has 0 aliphatic heterocycles. The van der Waals surface area contributed by atoms with Gasteiger partial charge in [-0.25, -0.2) is 4.99 Å². The van der Waals surface area contributed by atoms with Crippen LogP contribution in [-0.2, 0) is 17.9 Å². The summed E-state index contributed by atoms with van der Waals surface area (Å²) in [6.07, 6.45) is -4.31. The average molecular weight is 493 g/mol. The van der Waals surface area contributed by atoms with Crippen molar-refractivity contribution in [1.82, 2.24) is 0 Å². The van der Waals surface area contributed by atoms with Crippen LogP contribution in [0.4, 0.5) is 18.9 Å². The van der Waals surface area contributed by atoms with Gasteiger partial charge in [0.15, 0.2) is 5.96 Å². The van der Waals surface area contributed by atoms with Gasteiger partial charge in [0.1, 0.15) is 6.61 Å². The number of rotatable bonds is 6. The fraction of sp³-hybridized carbons (Fsp3) is 0.316. The van der Waals surface area contributed by atoms with Gasteiger partial charge in [0, 0.05) is 5.69 Å². The molecule has 0 atom stereocenters. The topological polar surface area (TPSA) is 59.6 Å². The summed E-state index contributed by atoms with van der Waals surface area (Å²) >= 11 is 0. The smallest absolute Gasteiger partial charge is 0.370 e. The fourth-order valence-corrected chi connectivity index (χ4v) is 2.44. The molecule has 0 aliphatic carbocycles. The zero-order valence-corrected chi connectivity index (χ0v) is 17.5. The average Bonchev–Trinajstić information content (AvgIpc) is 2.52. The Hall–Kier alpha value is -1.81. The summed E-state index contributed by atoms with van der Waals surface area (Å²) in [7, 11) is 0. The maximum absolute atomic E-state index is 12.0. The first-order valence-electron chi connectivity index (χ1n) is 8.09. The van der Waals surface area contributed by atoms with Gasteiger partial charge >= 0.3 is 6.18 Å². The lowest BCUT2D eigenvalue weighted by Crippen LogP contribution is -2.22. The van der Waals surface area contributed by atoms with E-state index >= 15 is 0 Å². The predicted molar refractivity (Wildman–Crippen MR) is 112 cm³/mol. The summed E-state index contributed by atoms with van der Waals surface area (Å²) in [5.41, 5.74) is 10.6. The van der Waals surface area contributed by atoms with Crippen molar-refractivity contribution in [3.63, 3.8) is 0 Å². The number of ether oxygens (including phenoxy) is 1. The number of halogens is 4. The molecule has 0 aromatic heterocycles. The fourth-order valence-electron chi connectivity index (χ4n) is 2.44. The van der Waals surface area contributed by atoms with E-state index in [-0.39, 0.29) is 30.6 Å². The Labute approximate surface area is 174 Å². The van der Waals surface area contributed by atoms with Crippen molar-refractivity contribution < 1.29 is 17.9 Å². The lowest BCUT2D eigenvalue weighted by atomic mass is 10.1. The monoisotopic (exact) mass is 493 g/mol. The van der Waals surface area contributed by atoms with Crippen LogP contribution in [0.1, 0.15) is 22.3 Å². The Balaban J connectivity index is 0.00000364. The summed E-state index contributed by atoms with van der Waals surface area (Å²) in [4.78, 5) is 4.28. The highest BCUT2D eigenvalue weighted by atomic mass is 127. The molecule has 0 saturated heterocycles. The minimum absolute atomic E-state index is 0. The standard InChI is InChI=1S/C19H22F3N3O.HI/c1-13-7-14(2)9-17(8-13)25-18(23)24-10-15-3-5-16(6-4-15)11-26-12-19(20,21)22;/h3-9H,10-12H2,1-2H3,(H3,23,24,25);1H. The molecule has 3 N–H and O–H groups in total. The molecule has 0 bridgehead atoms. The third-order valence-corrected chi connectivity index (χ3v) is 3.48. The Morgan fingerprint density at radius 1 is 1.04 bits per heavy atom. The second-order valence-electron chi connectivity index (χ2n) is 6.13. The van der Waals surface area contributed by atoms with Crippen molar-refractivity contribution in [2.24, 2.45) is 10.7 Å². The number of nitrogens with two attached hydrogens (primary N) is 1. The number of hydrogen-bond donors (Lipinski definition) is 2. The number of benzene rings is 2. The lowest BCUT2D eigenvalue weighted by molar-refractivity contribution is -0.176. The molecule has 0 unspecified atom stereocenters. The first-order valence-corrected chi connectivity index (χ1v) is 8.09. The minimum Gasteiger partial charge on any atom is -0.370 e. The quantitative estimate of drug-likeness (QED) is 0.341. The van der Waals surface area contributed by atoms with Crippen molar-refractivity contribution in [3.8, 4) is 0 Å². The molecule has 0 spiro atoms. The van der Waals surface area contributed by atoms with Gasteiger partial charge in [-0.3, -0.25) is 0 Å². The van der Waals surface area contributed by atoms with Crippen LogP contribution in [-0.4, -0.2) is 18.7 Å². The summed E-state index contributed by atoms with van der Waals surface area (Å²) in [6.45, 7) is 3.05. The number of guanidine groups is 1. The Bertz CT molecular complexity index is 742. The van der Waals surface area contributed by atoms with E-state index in [1.807, 2.05) is 26.0 Å². The maximum Gasteiger partial charge on any atom is 0.411 e. The largest absolute Gasteiger partial charge is 0.411 e. The van der Waals surface area contributed by atoms with Gasteiger partial charge in [-0.2, -0.15) is 13.2 Å². The number of hydrogen-bond acceptors (Lipinski definition) is 2. The highest BCUT2D eigenvalue weighted by Crippen LogP contribution is 2.16. The lowest BCUT2D eigenvalue weighted by Gasteiger charge is -2.09. The van der Waals surface area contributed by atoms with E-state index in [2.05, 4.69) is 21.1 Å². The van der Waals surface area contributed by atoms with Crippen LogP contribution in [0.2, 0.25) is 0 Å². The van der Waals surface area contributed by atoms with E-state index in [9.17, 15) is 13.2 Å². The molecule has 27 heavy (non-hydrogen) atoms. The molecule has 0 amide bonds. The summed E-state index contributed by atoms with van der Waals surface area (Å²) < 4.78 is 40.7. The van der Waals surface area contributed by atoms with Gasteiger partial charge in [-0.05, 0) is 48.2 Å². The third kappa shape index (κ3) is 9.09. The first-order chi connectivity index (χ1) is 12.2. The molecule has 0 saturated carbocycles. The molecule has 0 radical (unpaired) electrons. The molecule has 0 heterocycles. The van der Waals surface area contributed by atoms with Crippen LogP contribution in [0.3, 0.4) is 0 Å². The molecule has 4 nitrogen and oxygen atoms in total. The van der Waals surface area contributed by atoms with Crippen molar-refractivity contribution in [2.75, 3.05) is 11.9 Å². The second-order valence-corrected chi connectivity index (χ2v) is 6.13. The van der Waals surface area contributed by atoms with Gasteiger partial charge < -0.3 is 15.8 Å². The number of aliphatic imine (C=N–C) groups is 1. The highest BCUT2D eigenvalue weighted by molar-refractivity contribution is 14.0. The van der Waals surface area contributed by atoms with Gasteiger partial charge in [0.05, 0.1) is 13.2 Å². The summed E-state index contributed by atoms with van der Waals surface area (Å²) in [5, 5.41) is 3.05. The molecule has 2 aromatic rings. The molecule has 8 heteroatoms. The van der Waals surface area contributed by atoms with Crippen LogP contribution in [0.5, 0.6) is 0 Å². The first kappa shape index (κ1) is 23.2. The molecule has 0 fully saturated rings. The Kier molecular flexibility index (Phi) is 9.04. The zero-order chi connectivity index (χ0) is 19.2. The second kappa shape index (κ2) is 10.5. The van der Waals surface area contributed by atoms with Crippen molar-refractivity contribution in [2.45, 2.75) is 33.2 Å². The van der Waals surface area contributed by atoms with Crippen molar-refractivity contribution in [1.29, 1.82) is 0 Å². The molecule has 2 rings (SSSR count). The van der Waals surface area contributed by atoms with Gasteiger partial charge in [-0.1, -0.05) is 30.3 Å². The van der Waals surface area contributed by atoms with Crippen LogP contribution >= 0.6 is 24.0 Å². The third-order valence-electron chi connectivity index (χ3n) is 3.48. The number of nitrogens with one attached hydrogen (secondary N) is 1. The summed E-state index contributed by atoms with van der Waals surface area (Å²) in [6, 6.07) is 13.0. The van der Waals surface area contributed by atoms with E-state index in [1.54, 1.807) is 24.3 Å². The van der Waals surface area contributed by atoms with Crippen LogP contribution in [0.25, 0.3) is 0 Å². The van der Waals surface area contributed by atoms with Crippen LogP contribution in [0.15, 0.2) is 47.5 Å². The number of alkyl halides is 3. The molecule has 148 valence electrons. The Morgan fingerprint density at radius 3 is 2.15 bits per heavy atom. The van der Waals surface area contributed by atoms with Crippen molar-refractivity contribution in [3.05, 3.63) is 64.7 Å². The molecular formula is C19H23F3IN3O. The number of anilines is 1. The highest BCUT2D eigenvalue weighted by Gasteiger charge is 2.27. The zero-order valence-electron chi connectivity index (χ0n) is 15.1. The Morgan fingerprint density at radius 2 is 1.59 bits per heavy atom. The van der Waals surface area contributed by atoms with Gasteiger partial charge in [0.25, 0.3) is 0 Å². The van der Waals surface area contributed by atoms with Crippen molar-refractivity contribution >= 4 is 35.6 Å². The van der Waals surface area contributed by atoms with E-state index in [4.69, 9.17) is 5.73 Å². The van der Waals surface area contributed by atoms with E-state index in [0.29, 0.717) is 18.1 Å². The normalized spacial score (nSPS) is 11.8. The predicted octanol–water partition coefficient (Wildman–Crippen LogP) is 4.93. The van der Waals surface area contributed by atoms with E-state index < -0.39 is 12.8 Å². The van der Waals surface area contributed by atoms with Gasteiger partial charge in [0.2, 0.25) is 0 Å².